The third-order valence-electron chi connectivity index (χ3n) is 4.17. The summed E-state index contributed by atoms with van der Waals surface area (Å²) in [6.07, 6.45) is -4.64. The molecule has 2 amide bonds. The number of hydrazine groups is 1. The average molecular weight is 463 g/mol. The zero-order chi connectivity index (χ0) is 23.4. The van der Waals surface area contributed by atoms with Crippen LogP contribution in [-0.4, -0.2) is 20.2 Å². The molecule has 0 saturated heterocycles. The van der Waals surface area contributed by atoms with E-state index in [-0.39, 0.29) is 16.1 Å². The molecule has 7 nitrogen and oxygen atoms in total. The first kappa shape index (κ1) is 22.8. The van der Waals surface area contributed by atoms with Gasteiger partial charge in [0.05, 0.1) is 10.5 Å². The Kier molecular flexibility index (Phi) is 6.49. The van der Waals surface area contributed by atoms with Gasteiger partial charge in [-0.1, -0.05) is 30.3 Å². The Labute approximate surface area is 181 Å². The highest BCUT2D eigenvalue weighted by Gasteiger charge is 2.30. The molecule has 32 heavy (non-hydrogen) atoms. The minimum absolute atomic E-state index is 0.0923. The fourth-order valence-electron chi connectivity index (χ4n) is 2.62. The fourth-order valence-corrected chi connectivity index (χ4v) is 3.72. The number of nitrogens with one attached hydrogen (secondary N) is 3. The van der Waals surface area contributed by atoms with Crippen molar-refractivity contribution in [3.63, 3.8) is 0 Å². The fraction of sp³-hybridized carbons (Fsp3) is 0.0476. The summed E-state index contributed by atoms with van der Waals surface area (Å²) < 4.78 is 65.8. The molecule has 0 atom stereocenters. The molecule has 0 saturated carbocycles. The van der Waals surface area contributed by atoms with E-state index in [1.807, 2.05) is 0 Å². The Morgan fingerprint density at radius 2 is 1.31 bits per heavy atom. The van der Waals surface area contributed by atoms with Crippen LogP contribution >= 0.6 is 0 Å². The first-order valence-corrected chi connectivity index (χ1v) is 10.5. The molecular weight excluding hydrogens is 447 g/mol. The molecule has 166 valence electrons. The second-order valence-corrected chi connectivity index (χ2v) is 8.17. The molecule has 0 aliphatic heterocycles. The van der Waals surface area contributed by atoms with E-state index in [4.69, 9.17) is 0 Å². The number of halogens is 3. The van der Waals surface area contributed by atoms with Crippen LogP contribution in [0.1, 0.15) is 26.3 Å². The molecule has 0 unspecified atom stereocenters. The number of benzene rings is 3. The second kappa shape index (κ2) is 9.10. The normalized spacial score (nSPS) is 11.5. The number of rotatable bonds is 5. The van der Waals surface area contributed by atoms with Crippen molar-refractivity contribution in [3.8, 4) is 0 Å². The van der Waals surface area contributed by atoms with E-state index in [0.29, 0.717) is 11.6 Å². The molecule has 0 aliphatic carbocycles. The summed E-state index contributed by atoms with van der Waals surface area (Å²) in [5.74, 6) is -1.36. The number of hydrogen-bond acceptors (Lipinski definition) is 4. The van der Waals surface area contributed by atoms with Crippen LogP contribution in [0, 0.1) is 0 Å². The number of sulfonamides is 1. The largest absolute Gasteiger partial charge is 0.416 e. The van der Waals surface area contributed by atoms with E-state index in [0.717, 1.165) is 18.2 Å². The Morgan fingerprint density at radius 1 is 0.719 bits per heavy atom. The van der Waals surface area contributed by atoms with Crippen molar-refractivity contribution in [2.45, 2.75) is 11.1 Å². The minimum atomic E-state index is -4.64. The number of amides is 2. The maximum absolute atomic E-state index is 12.9. The van der Waals surface area contributed by atoms with E-state index < -0.39 is 33.6 Å². The molecule has 0 aromatic heterocycles. The Morgan fingerprint density at radius 3 is 1.97 bits per heavy atom. The lowest BCUT2D eigenvalue weighted by Gasteiger charge is -2.12. The van der Waals surface area contributed by atoms with Crippen LogP contribution in [-0.2, 0) is 16.2 Å². The van der Waals surface area contributed by atoms with Gasteiger partial charge >= 0.3 is 6.18 Å². The summed E-state index contributed by atoms with van der Waals surface area (Å²) in [6, 6.07) is 16.6. The van der Waals surface area contributed by atoms with Crippen molar-refractivity contribution >= 4 is 27.5 Å². The summed E-state index contributed by atoms with van der Waals surface area (Å²) in [5.41, 5.74) is 3.28. The van der Waals surface area contributed by atoms with E-state index in [2.05, 4.69) is 15.6 Å². The van der Waals surface area contributed by atoms with Crippen LogP contribution < -0.4 is 15.6 Å². The topological polar surface area (TPSA) is 104 Å². The van der Waals surface area contributed by atoms with Crippen molar-refractivity contribution in [2.75, 3.05) is 4.72 Å². The third kappa shape index (κ3) is 5.64. The van der Waals surface area contributed by atoms with Crippen molar-refractivity contribution in [3.05, 3.63) is 95.6 Å². The van der Waals surface area contributed by atoms with Crippen LogP contribution in [0.15, 0.2) is 83.8 Å². The highest BCUT2D eigenvalue weighted by Crippen LogP contribution is 2.31. The minimum Gasteiger partial charge on any atom is -0.280 e. The van der Waals surface area contributed by atoms with Gasteiger partial charge in [0.1, 0.15) is 0 Å². The Hall–Kier alpha value is -3.86. The number of carbonyl (C=O) groups excluding carboxylic acids is 2. The number of hydrogen-bond donors (Lipinski definition) is 3. The van der Waals surface area contributed by atoms with Crippen molar-refractivity contribution in [1.29, 1.82) is 0 Å². The summed E-state index contributed by atoms with van der Waals surface area (Å²) in [5, 5.41) is 0. The monoisotopic (exact) mass is 463 g/mol. The number of alkyl halides is 3. The van der Waals surface area contributed by atoms with E-state index >= 15 is 0 Å². The summed E-state index contributed by atoms with van der Waals surface area (Å²) in [7, 11) is -4.29. The van der Waals surface area contributed by atoms with Crippen LogP contribution in [0.25, 0.3) is 0 Å². The van der Waals surface area contributed by atoms with E-state index in [9.17, 15) is 31.2 Å². The highest BCUT2D eigenvalue weighted by atomic mass is 32.2. The Bertz CT molecular complexity index is 1250. The number of carbonyl (C=O) groups is 2. The van der Waals surface area contributed by atoms with Gasteiger partial charge in [0.25, 0.3) is 21.8 Å². The lowest BCUT2D eigenvalue weighted by atomic mass is 10.2. The van der Waals surface area contributed by atoms with Gasteiger partial charge in [-0.05, 0) is 48.5 Å². The maximum Gasteiger partial charge on any atom is 0.416 e. The standard InChI is InChI=1S/C21H16F3N3O4S/c22-21(23,24)16-9-5-10-17(13-16)27-32(30,31)18-11-4-8-15(12-18)20(29)26-25-19(28)14-6-2-1-3-7-14/h1-13,27H,(H,25,28)(H,26,29). The maximum atomic E-state index is 12.9. The number of anilines is 1. The first-order valence-electron chi connectivity index (χ1n) is 9.02. The van der Waals surface area contributed by atoms with Gasteiger partial charge in [0.15, 0.2) is 0 Å². The third-order valence-corrected chi connectivity index (χ3v) is 5.55. The van der Waals surface area contributed by atoms with E-state index in [1.54, 1.807) is 18.2 Å². The molecule has 0 spiro atoms. The van der Waals surface area contributed by atoms with Crippen molar-refractivity contribution in [1.82, 2.24) is 10.9 Å². The Balaban J connectivity index is 1.73. The lowest BCUT2D eigenvalue weighted by Crippen LogP contribution is -2.41. The summed E-state index contributed by atoms with van der Waals surface area (Å²) in [4.78, 5) is 24.0. The van der Waals surface area contributed by atoms with Gasteiger partial charge in [0, 0.05) is 16.8 Å². The van der Waals surface area contributed by atoms with Gasteiger partial charge in [-0.3, -0.25) is 25.2 Å². The summed E-state index contributed by atoms with van der Waals surface area (Å²) in [6.45, 7) is 0. The van der Waals surface area contributed by atoms with E-state index in [1.165, 1.54) is 36.4 Å². The van der Waals surface area contributed by atoms with Crippen LogP contribution in [0.5, 0.6) is 0 Å². The quantitative estimate of drug-likeness (QED) is 0.503. The molecule has 0 fully saturated rings. The summed E-state index contributed by atoms with van der Waals surface area (Å²) >= 11 is 0. The van der Waals surface area contributed by atoms with Gasteiger partial charge < -0.3 is 0 Å². The second-order valence-electron chi connectivity index (χ2n) is 6.49. The highest BCUT2D eigenvalue weighted by molar-refractivity contribution is 7.92. The molecule has 0 bridgehead atoms. The molecule has 0 aliphatic rings. The predicted octanol–water partition coefficient (Wildman–Crippen LogP) is 3.58. The predicted molar refractivity (Wildman–Crippen MR) is 110 cm³/mol. The SMILES string of the molecule is O=C(NNC(=O)c1cccc(S(=O)(=O)Nc2cccc(C(F)(F)F)c2)c1)c1ccccc1. The van der Waals surface area contributed by atoms with Crippen molar-refractivity contribution in [2.24, 2.45) is 0 Å². The van der Waals surface area contributed by atoms with Gasteiger partial charge in [-0.25, -0.2) is 8.42 Å². The molecule has 3 aromatic carbocycles. The molecule has 11 heteroatoms. The van der Waals surface area contributed by atoms with Crippen molar-refractivity contribution < 1.29 is 31.2 Å². The molecular formula is C21H16F3N3O4S. The van der Waals surface area contributed by atoms with Gasteiger partial charge in [0.2, 0.25) is 0 Å². The van der Waals surface area contributed by atoms with Crippen LogP contribution in [0.3, 0.4) is 0 Å². The van der Waals surface area contributed by atoms with Gasteiger partial charge in [-0.15, -0.1) is 0 Å². The zero-order valence-electron chi connectivity index (χ0n) is 16.2. The lowest BCUT2D eigenvalue weighted by molar-refractivity contribution is -0.137. The molecule has 0 heterocycles. The van der Waals surface area contributed by atoms with Crippen LogP contribution in [0.4, 0.5) is 18.9 Å². The molecule has 3 aromatic rings. The van der Waals surface area contributed by atoms with Gasteiger partial charge in [-0.2, -0.15) is 13.2 Å². The smallest absolute Gasteiger partial charge is 0.280 e. The first-order chi connectivity index (χ1) is 15.1. The molecule has 3 rings (SSSR count). The van der Waals surface area contributed by atoms with Crippen LogP contribution in [0.2, 0.25) is 0 Å². The average Bonchev–Trinajstić information content (AvgIpc) is 2.77. The molecule has 3 N–H and O–H groups in total. The molecule has 0 radical (unpaired) electrons. The zero-order valence-corrected chi connectivity index (χ0v) is 17.0.